The van der Waals surface area contributed by atoms with Crippen LogP contribution in [-0.2, 0) is 13.2 Å². The summed E-state index contributed by atoms with van der Waals surface area (Å²) >= 11 is 0. The van der Waals surface area contributed by atoms with Crippen molar-refractivity contribution in [3.05, 3.63) is 35.4 Å². The van der Waals surface area contributed by atoms with Crippen LogP contribution in [0, 0.1) is 5.92 Å². The van der Waals surface area contributed by atoms with Gasteiger partial charge in [-0.25, -0.2) is 0 Å². The predicted molar refractivity (Wildman–Crippen MR) is 83.8 cm³/mol. The van der Waals surface area contributed by atoms with Crippen LogP contribution in [0.25, 0.3) is 0 Å². The summed E-state index contributed by atoms with van der Waals surface area (Å²) < 4.78 is 0. The van der Waals surface area contributed by atoms with E-state index in [1.54, 1.807) is 0 Å². The molecule has 1 saturated heterocycles. The Bertz CT molecular complexity index is 445. The van der Waals surface area contributed by atoms with Crippen LogP contribution in [0.5, 0.6) is 0 Å². The lowest BCUT2D eigenvalue weighted by atomic mass is 9.80. The van der Waals surface area contributed by atoms with E-state index in [0.717, 1.165) is 25.1 Å². The Labute approximate surface area is 127 Å². The van der Waals surface area contributed by atoms with Crippen LogP contribution in [0.1, 0.15) is 49.7 Å². The molecule has 21 heavy (non-hydrogen) atoms. The molecular formula is C18H27NO2. The molecule has 2 fully saturated rings. The molecule has 3 heteroatoms. The lowest BCUT2D eigenvalue weighted by molar-refractivity contribution is 0.0201. The summed E-state index contributed by atoms with van der Waals surface area (Å²) in [5.41, 5.74) is 2.28. The number of likely N-dealkylation sites (tertiary alicyclic amines) is 1. The number of aliphatic hydroxyl groups excluding tert-OH is 2. The van der Waals surface area contributed by atoms with E-state index in [0.29, 0.717) is 12.0 Å². The van der Waals surface area contributed by atoms with E-state index in [1.807, 2.05) is 12.1 Å². The van der Waals surface area contributed by atoms with Crippen LogP contribution >= 0.6 is 0 Å². The van der Waals surface area contributed by atoms with Crippen molar-refractivity contribution in [2.75, 3.05) is 6.54 Å². The molecule has 2 aliphatic rings. The number of aliphatic hydroxyl groups is 2. The standard InChI is InChI=1S/C18H27NO2/c20-13-15-9-7-14(8-10-15)12-19-11-3-5-17(19)16-4-1-2-6-18(16)21/h7-10,16-18,20-21H,1-6,11-13H2/t16-,17+,18-/m0/s1. The summed E-state index contributed by atoms with van der Waals surface area (Å²) in [7, 11) is 0. The molecule has 1 aliphatic heterocycles. The van der Waals surface area contributed by atoms with Crippen LogP contribution < -0.4 is 0 Å². The first-order valence-electron chi connectivity index (χ1n) is 8.38. The molecule has 1 aromatic carbocycles. The van der Waals surface area contributed by atoms with Crippen LogP contribution in [0.3, 0.4) is 0 Å². The molecule has 1 saturated carbocycles. The Balaban J connectivity index is 1.65. The molecule has 116 valence electrons. The first-order valence-corrected chi connectivity index (χ1v) is 8.38. The van der Waals surface area contributed by atoms with Gasteiger partial charge in [0.05, 0.1) is 12.7 Å². The van der Waals surface area contributed by atoms with E-state index in [2.05, 4.69) is 17.0 Å². The molecule has 3 nitrogen and oxygen atoms in total. The Hall–Kier alpha value is -0.900. The van der Waals surface area contributed by atoms with Crippen LogP contribution in [-0.4, -0.2) is 33.8 Å². The zero-order valence-corrected chi connectivity index (χ0v) is 12.7. The van der Waals surface area contributed by atoms with Gasteiger partial charge in [0.25, 0.3) is 0 Å². The second-order valence-electron chi connectivity index (χ2n) is 6.67. The van der Waals surface area contributed by atoms with Crippen molar-refractivity contribution in [1.82, 2.24) is 4.90 Å². The fourth-order valence-electron chi connectivity index (χ4n) is 4.11. The molecule has 0 bridgehead atoms. The highest BCUT2D eigenvalue weighted by molar-refractivity contribution is 5.22. The third-order valence-corrected chi connectivity index (χ3v) is 5.28. The molecule has 1 aromatic rings. The summed E-state index contributed by atoms with van der Waals surface area (Å²) in [5, 5.41) is 19.4. The molecule has 3 atom stereocenters. The normalized spacial score (nSPS) is 30.7. The smallest absolute Gasteiger partial charge is 0.0681 e. The van der Waals surface area contributed by atoms with E-state index in [-0.39, 0.29) is 12.7 Å². The highest BCUT2D eigenvalue weighted by atomic mass is 16.3. The molecule has 1 heterocycles. The Morgan fingerprint density at radius 1 is 0.952 bits per heavy atom. The van der Waals surface area contributed by atoms with Gasteiger partial charge in [0.15, 0.2) is 0 Å². The summed E-state index contributed by atoms with van der Waals surface area (Å²) in [6.07, 6.45) is 7.02. The van der Waals surface area contributed by atoms with Gasteiger partial charge in [0.2, 0.25) is 0 Å². The third-order valence-electron chi connectivity index (χ3n) is 5.28. The van der Waals surface area contributed by atoms with Gasteiger partial charge < -0.3 is 10.2 Å². The van der Waals surface area contributed by atoms with Gasteiger partial charge in [0, 0.05) is 18.5 Å². The monoisotopic (exact) mass is 289 g/mol. The minimum Gasteiger partial charge on any atom is -0.393 e. The molecule has 1 aliphatic carbocycles. The number of benzene rings is 1. The topological polar surface area (TPSA) is 43.7 Å². The fourth-order valence-corrected chi connectivity index (χ4v) is 4.11. The molecule has 0 unspecified atom stereocenters. The van der Waals surface area contributed by atoms with Crippen molar-refractivity contribution in [2.24, 2.45) is 5.92 Å². The highest BCUT2D eigenvalue weighted by Gasteiger charge is 2.36. The maximum atomic E-state index is 10.3. The lowest BCUT2D eigenvalue weighted by Gasteiger charge is -2.37. The molecule has 3 rings (SSSR count). The van der Waals surface area contributed by atoms with Crippen molar-refractivity contribution in [2.45, 2.75) is 63.8 Å². The summed E-state index contributed by atoms with van der Waals surface area (Å²) in [6.45, 7) is 2.23. The van der Waals surface area contributed by atoms with E-state index in [9.17, 15) is 5.11 Å². The van der Waals surface area contributed by atoms with Gasteiger partial charge in [-0.05, 0) is 43.4 Å². The number of hydrogen-bond acceptors (Lipinski definition) is 3. The predicted octanol–water partition coefficient (Wildman–Crippen LogP) is 2.69. The second-order valence-corrected chi connectivity index (χ2v) is 6.67. The Morgan fingerprint density at radius 3 is 2.38 bits per heavy atom. The zero-order chi connectivity index (χ0) is 14.7. The fraction of sp³-hybridized carbons (Fsp3) is 0.667. The van der Waals surface area contributed by atoms with Crippen molar-refractivity contribution in [3.8, 4) is 0 Å². The van der Waals surface area contributed by atoms with E-state index in [4.69, 9.17) is 5.11 Å². The largest absolute Gasteiger partial charge is 0.393 e. The number of hydrogen-bond donors (Lipinski definition) is 2. The summed E-state index contributed by atoms with van der Waals surface area (Å²) in [6, 6.07) is 8.82. The maximum absolute atomic E-state index is 10.3. The van der Waals surface area contributed by atoms with Gasteiger partial charge in [-0.1, -0.05) is 37.1 Å². The first-order chi connectivity index (χ1) is 10.3. The third kappa shape index (κ3) is 3.47. The molecule has 0 radical (unpaired) electrons. The molecule has 2 N–H and O–H groups in total. The van der Waals surface area contributed by atoms with Crippen molar-refractivity contribution < 1.29 is 10.2 Å². The van der Waals surface area contributed by atoms with Crippen molar-refractivity contribution >= 4 is 0 Å². The van der Waals surface area contributed by atoms with Crippen molar-refractivity contribution in [1.29, 1.82) is 0 Å². The zero-order valence-electron chi connectivity index (χ0n) is 12.7. The maximum Gasteiger partial charge on any atom is 0.0681 e. The lowest BCUT2D eigenvalue weighted by Crippen LogP contribution is -2.42. The van der Waals surface area contributed by atoms with Gasteiger partial charge in [-0.2, -0.15) is 0 Å². The van der Waals surface area contributed by atoms with Crippen LogP contribution in [0.15, 0.2) is 24.3 Å². The van der Waals surface area contributed by atoms with Gasteiger partial charge in [-0.3, -0.25) is 4.90 Å². The average Bonchev–Trinajstić information content (AvgIpc) is 2.96. The molecule has 0 spiro atoms. The highest BCUT2D eigenvalue weighted by Crippen LogP contribution is 2.35. The summed E-state index contributed by atoms with van der Waals surface area (Å²) in [4.78, 5) is 2.56. The van der Waals surface area contributed by atoms with Gasteiger partial charge in [-0.15, -0.1) is 0 Å². The van der Waals surface area contributed by atoms with Gasteiger partial charge in [0.1, 0.15) is 0 Å². The number of nitrogens with zero attached hydrogens (tertiary/aromatic N) is 1. The van der Waals surface area contributed by atoms with E-state index < -0.39 is 0 Å². The summed E-state index contributed by atoms with van der Waals surface area (Å²) in [5.74, 6) is 0.470. The van der Waals surface area contributed by atoms with Crippen molar-refractivity contribution in [3.63, 3.8) is 0 Å². The van der Waals surface area contributed by atoms with Gasteiger partial charge >= 0.3 is 0 Å². The van der Waals surface area contributed by atoms with Crippen LogP contribution in [0.2, 0.25) is 0 Å². The van der Waals surface area contributed by atoms with E-state index in [1.165, 1.54) is 37.7 Å². The van der Waals surface area contributed by atoms with Crippen LogP contribution in [0.4, 0.5) is 0 Å². The average molecular weight is 289 g/mol. The first kappa shape index (κ1) is 15.0. The minimum absolute atomic E-state index is 0.0962. The quantitative estimate of drug-likeness (QED) is 0.895. The Morgan fingerprint density at radius 2 is 1.67 bits per heavy atom. The Kier molecular flexibility index (Phi) is 4.94. The second kappa shape index (κ2) is 6.91. The SMILES string of the molecule is OCc1ccc(CN2CCC[C@@H]2[C@@H]2CCCC[C@@H]2O)cc1. The number of rotatable bonds is 4. The molecular weight excluding hydrogens is 262 g/mol. The molecule has 0 amide bonds. The minimum atomic E-state index is -0.0962. The van der Waals surface area contributed by atoms with E-state index >= 15 is 0 Å². The molecule has 0 aromatic heterocycles.